The molecule has 0 spiro atoms. The number of aryl methyl sites for hydroxylation is 1. The van der Waals surface area contributed by atoms with Crippen LogP contribution < -0.4 is 11.4 Å². The number of hydrogen-bond acceptors (Lipinski definition) is 3. The molecule has 6 nitrogen and oxygen atoms in total. The third-order valence-corrected chi connectivity index (χ3v) is 5.97. The van der Waals surface area contributed by atoms with Gasteiger partial charge in [-0.1, -0.05) is 18.2 Å². The monoisotopic (exact) mass is 453 g/mol. The lowest BCUT2D eigenvalue weighted by Gasteiger charge is -2.26. The average Bonchev–Trinajstić information content (AvgIpc) is 2.84. The van der Waals surface area contributed by atoms with Crippen LogP contribution in [0.15, 0.2) is 55.9 Å². The van der Waals surface area contributed by atoms with Gasteiger partial charge in [0.1, 0.15) is 0 Å². The third-order valence-electron chi connectivity index (χ3n) is 4.37. The molecular formula is C17H13F6N3O3S. The second-order valence-corrected chi connectivity index (χ2v) is 7.82. The third kappa shape index (κ3) is 3.46. The Morgan fingerprint density at radius 1 is 0.933 bits per heavy atom. The zero-order valence-corrected chi connectivity index (χ0v) is 16.1. The molecule has 0 bridgehead atoms. The van der Waals surface area contributed by atoms with Gasteiger partial charge in [-0.15, -0.1) is 0 Å². The first-order chi connectivity index (χ1) is 13.8. The number of halogens is 6. The van der Waals surface area contributed by atoms with E-state index in [1.54, 1.807) is 0 Å². The number of hydrogen-bond donors (Lipinski definition) is 0. The maximum absolute atomic E-state index is 13.6. The Morgan fingerprint density at radius 2 is 1.47 bits per heavy atom. The van der Waals surface area contributed by atoms with Gasteiger partial charge in [-0.05, 0) is 24.6 Å². The molecule has 1 unspecified atom stereocenters. The molecule has 0 saturated carbocycles. The molecule has 0 aliphatic rings. The molecule has 1 atom stereocenters. The minimum absolute atomic E-state index is 0.0167. The summed E-state index contributed by atoms with van der Waals surface area (Å²) in [5, 5.41) is 0. The molecule has 0 amide bonds. The normalized spacial score (nSPS) is 13.9. The van der Waals surface area contributed by atoms with Crippen molar-refractivity contribution < 1.29 is 30.6 Å². The molecule has 0 N–H and O–H groups in total. The Morgan fingerprint density at radius 3 is 1.97 bits per heavy atom. The smallest absolute Gasteiger partial charge is 0.249 e. The van der Waals surface area contributed by atoms with Crippen molar-refractivity contribution in [2.45, 2.75) is 35.0 Å². The summed E-state index contributed by atoms with van der Waals surface area (Å²) in [5.41, 5.74) is -4.47. The molecule has 0 aliphatic carbocycles. The lowest BCUT2D eigenvalue weighted by Crippen LogP contribution is -2.39. The molecule has 0 radical (unpaired) electrons. The topological polar surface area (TPSA) is 65.0 Å². The molecule has 30 heavy (non-hydrogen) atoms. The van der Waals surface area contributed by atoms with Gasteiger partial charge in [0.2, 0.25) is 0 Å². The minimum atomic E-state index is -5.88. The van der Waals surface area contributed by atoms with E-state index in [4.69, 9.17) is 0 Å². The van der Waals surface area contributed by atoms with E-state index in [0.717, 1.165) is 20.2 Å². The van der Waals surface area contributed by atoms with Crippen molar-refractivity contribution in [2.24, 2.45) is 7.05 Å². The fourth-order valence-electron chi connectivity index (χ4n) is 3.08. The fourth-order valence-corrected chi connectivity index (χ4v) is 4.46. The van der Waals surface area contributed by atoms with Gasteiger partial charge in [-0.2, -0.15) is 30.9 Å². The van der Waals surface area contributed by atoms with Crippen LogP contribution >= 0.6 is 0 Å². The van der Waals surface area contributed by atoms with Gasteiger partial charge in [0, 0.05) is 18.1 Å². The van der Waals surface area contributed by atoms with Crippen LogP contribution in [0.4, 0.5) is 26.3 Å². The second-order valence-electron chi connectivity index (χ2n) is 6.41. The summed E-state index contributed by atoms with van der Waals surface area (Å²) in [7, 11) is -1.60. The molecule has 162 valence electrons. The van der Waals surface area contributed by atoms with E-state index in [0.29, 0.717) is 9.08 Å². The number of nitrogens with zero attached hydrogens (tertiary/aromatic N) is 3. The van der Waals surface area contributed by atoms with Crippen molar-refractivity contribution in [3.63, 3.8) is 0 Å². The fraction of sp³-hybridized carbons (Fsp3) is 0.294. The number of benzene rings is 1. The van der Waals surface area contributed by atoms with Gasteiger partial charge in [0.25, 0.3) is 0 Å². The zero-order valence-electron chi connectivity index (χ0n) is 15.3. The van der Waals surface area contributed by atoms with Crippen molar-refractivity contribution in [3.8, 4) is 0 Å². The summed E-state index contributed by atoms with van der Waals surface area (Å²) in [5.74, 6) is -4.15. The van der Waals surface area contributed by atoms with E-state index in [1.165, 1.54) is 30.3 Å². The zero-order chi connectivity index (χ0) is 22.6. The van der Waals surface area contributed by atoms with E-state index >= 15 is 0 Å². The first-order valence-corrected chi connectivity index (χ1v) is 9.36. The number of rotatable bonds is 3. The quantitative estimate of drug-likeness (QED) is 0.573. The standard InChI is InChI=1S/C17H13F6N3O3S/c1-9-8-25-14(27)24(2)15(28)26(25)11(13(16(18,19)20)17(21,22)23)12(9)30(29)10-6-4-3-5-7-10/h3-8,13H,1-2H3. The molecule has 1 aromatic carbocycles. The van der Waals surface area contributed by atoms with Gasteiger partial charge < -0.3 is 0 Å². The number of aromatic nitrogens is 3. The van der Waals surface area contributed by atoms with Gasteiger partial charge in [-0.25, -0.2) is 22.9 Å². The Kier molecular flexibility index (Phi) is 5.21. The lowest BCUT2D eigenvalue weighted by molar-refractivity contribution is -0.255. The van der Waals surface area contributed by atoms with Crippen LogP contribution in [0.3, 0.4) is 0 Å². The summed E-state index contributed by atoms with van der Waals surface area (Å²) >= 11 is 0. The van der Waals surface area contributed by atoms with E-state index in [9.17, 15) is 40.1 Å². The molecule has 13 heteroatoms. The first-order valence-electron chi connectivity index (χ1n) is 8.21. The van der Waals surface area contributed by atoms with Crippen LogP contribution in [-0.2, 0) is 17.8 Å². The van der Waals surface area contributed by atoms with Crippen molar-refractivity contribution in [1.29, 1.82) is 0 Å². The van der Waals surface area contributed by atoms with Crippen LogP contribution in [-0.4, -0.2) is 30.2 Å². The largest absolute Gasteiger partial charge is 0.406 e. The number of alkyl halides is 6. The predicted molar refractivity (Wildman–Crippen MR) is 93.1 cm³/mol. The molecular weight excluding hydrogens is 440 g/mol. The molecule has 3 aromatic rings. The van der Waals surface area contributed by atoms with Gasteiger partial charge >= 0.3 is 23.7 Å². The van der Waals surface area contributed by atoms with E-state index in [2.05, 4.69) is 0 Å². The van der Waals surface area contributed by atoms with Crippen LogP contribution in [0, 0.1) is 6.92 Å². The van der Waals surface area contributed by atoms with Crippen molar-refractivity contribution in [3.05, 3.63) is 68.8 Å². The highest BCUT2D eigenvalue weighted by Crippen LogP contribution is 2.48. The average molecular weight is 453 g/mol. The second kappa shape index (κ2) is 7.15. The highest BCUT2D eigenvalue weighted by molar-refractivity contribution is 7.85. The summed E-state index contributed by atoms with van der Waals surface area (Å²) in [4.78, 5) is 23.7. The highest BCUT2D eigenvalue weighted by Gasteiger charge is 2.60. The SMILES string of the molecule is Cc1cn2c(=O)n(C)c(=O)n2c(C(C(F)(F)F)C(F)(F)F)c1S(=O)c1ccccc1. The number of fused-ring (bicyclic) bond motifs is 1. The summed E-state index contributed by atoms with van der Waals surface area (Å²) in [6, 6.07) is 6.86. The van der Waals surface area contributed by atoms with E-state index in [-0.39, 0.29) is 15.0 Å². The molecule has 2 heterocycles. The van der Waals surface area contributed by atoms with Crippen LogP contribution in [0.5, 0.6) is 0 Å². The van der Waals surface area contributed by atoms with Gasteiger partial charge in [0.05, 0.1) is 21.4 Å². The minimum Gasteiger partial charge on any atom is -0.249 e. The predicted octanol–water partition coefficient (Wildman–Crippen LogP) is 2.78. The summed E-state index contributed by atoms with van der Waals surface area (Å²) in [6.45, 7) is 1.12. The summed E-state index contributed by atoms with van der Waals surface area (Å²) in [6.07, 6.45) is -10.9. The lowest BCUT2D eigenvalue weighted by atomic mass is 10.0. The first kappa shape index (κ1) is 21.9. The van der Waals surface area contributed by atoms with E-state index in [1.807, 2.05) is 0 Å². The molecule has 0 fully saturated rings. The Balaban J connectivity index is 2.57. The van der Waals surface area contributed by atoms with Crippen molar-refractivity contribution >= 4 is 10.8 Å². The van der Waals surface area contributed by atoms with Crippen LogP contribution in [0.1, 0.15) is 17.2 Å². The van der Waals surface area contributed by atoms with Crippen molar-refractivity contribution in [1.82, 2.24) is 13.6 Å². The molecule has 0 saturated heterocycles. The van der Waals surface area contributed by atoms with Crippen molar-refractivity contribution in [2.75, 3.05) is 0 Å². The highest BCUT2D eigenvalue weighted by atomic mass is 32.2. The molecule has 0 aliphatic heterocycles. The summed E-state index contributed by atoms with van der Waals surface area (Å²) < 4.78 is 95.5. The van der Waals surface area contributed by atoms with Gasteiger partial charge in [0.15, 0.2) is 5.92 Å². The van der Waals surface area contributed by atoms with Gasteiger partial charge in [-0.3, -0.25) is 0 Å². The maximum Gasteiger partial charge on any atom is 0.406 e. The Bertz CT molecular complexity index is 1240. The Hall–Kier alpha value is -2.83. The van der Waals surface area contributed by atoms with Crippen LogP contribution in [0.25, 0.3) is 0 Å². The maximum atomic E-state index is 13.6. The van der Waals surface area contributed by atoms with Crippen LogP contribution in [0.2, 0.25) is 0 Å². The van der Waals surface area contributed by atoms with E-state index < -0.39 is 51.0 Å². The molecule has 3 rings (SSSR count). The Labute approximate surface area is 166 Å². The molecule has 2 aromatic heterocycles.